The molecule has 1 N–H and O–H groups in total. The van der Waals surface area contributed by atoms with Crippen LogP contribution in [0.5, 0.6) is 0 Å². The van der Waals surface area contributed by atoms with E-state index in [1.807, 2.05) is 43.3 Å². The molecule has 1 amide bonds. The summed E-state index contributed by atoms with van der Waals surface area (Å²) in [6.45, 7) is 5.69. The van der Waals surface area contributed by atoms with Crippen LogP contribution in [0, 0.1) is 0 Å². The van der Waals surface area contributed by atoms with Gasteiger partial charge >= 0.3 is 5.97 Å². The molecule has 0 unspecified atom stereocenters. The largest absolute Gasteiger partial charge is 0.462 e. The van der Waals surface area contributed by atoms with Gasteiger partial charge < -0.3 is 15.0 Å². The minimum Gasteiger partial charge on any atom is -0.462 e. The number of fused-ring (bicyclic) bond motifs is 1. The van der Waals surface area contributed by atoms with Crippen LogP contribution in [0.4, 0.5) is 11.4 Å². The predicted octanol–water partition coefficient (Wildman–Crippen LogP) is 4.82. The number of ether oxygens (including phenoxy) is 1. The number of hydrogen-bond acceptors (Lipinski definition) is 4. The van der Waals surface area contributed by atoms with Crippen LogP contribution in [0.3, 0.4) is 0 Å². The Morgan fingerprint density at radius 2 is 1.93 bits per heavy atom. The van der Waals surface area contributed by atoms with Gasteiger partial charge in [-0.05, 0) is 68.3 Å². The molecule has 0 aromatic heterocycles. The molecule has 142 valence electrons. The topological polar surface area (TPSA) is 58.6 Å². The molecule has 5 nitrogen and oxygen atoms in total. The lowest BCUT2D eigenvalue weighted by molar-refractivity contribution is -0.117. The summed E-state index contributed by atoms with van der Waals surface area (Å²) >= 11 is 5.97. The lowest BCUT2D eigenvalue weighted by atomic mass is 9.90. The highest BCUT2D eigenvalue weighted by Gasteiger charge is 2.33. The molecule has 0 aliphatic carbocycles. The fourth-order valence-electron chi connectivity index (χ4n) is 3.57. The Morgan fingerprint density at radius 3 is 2.56 bits per heavy atom. The molecular formula is C21H23ClN2O3. The van der Waals surface area contributed by atoms with E-state index in [1.54, 1.807) is 24.8 Å². The summed E-state index contributed by atoms with van der Waals surface area (Å²) < 4.78 is 5.13. The van der Waals surface area contributed by atoms with E-state index < -0.39 is 0 Å². The third-order valence-electron chi connectivity index (χ3n) is 4.72. The summed E-state index contributed by atoms with van der Waals surface area (Å²) in [6, 6.07) is 12.8. The number of hydrogen-bond donors (Lipinski definition) is 1. The van der Waals surface area contributed by atoms with Crippen molar-refractivity contribution in [1.29, 1.82) is 0 Å². The number of halogens is 1. The summed E-state index contributed by atoms with van der Waals surface area (Å²) in [4.78, 5) is 26.2. The molecule has 2 atom stereocenters. The molecule has 1 heterocycles. The Kier molecular flexibility index (Phi) is 5.71. The standard InChI is InChI=1S/C21H23ClN2O3/c1-4-27-21(26)15-5-10-20-18(12-15)19(11-13(2)24(20)14(3)25)23-17-8-6-16(22)7-9-17/h5-10,12-13,19,23H,4,11H2,1-3H3/t13-,19+/m1/s1. The van der Waals surface area contributed by atoms with Gasteiger partial charge in [0.05, 0.1) is 18.2 Å². The first-order valence-electron chi connectivity index (χ1n) is 9.03. The van der Waals surface area contributed by atoms with E-state index in [1.165, 1.54) is 0 Å². The van der Waals surface area contributed by atoms with E-state index in [9.17, 15) is 9.59 Å². The highest BCUT2D eigenvalue weighted by atomic mass is 35.5. The summed E-state index contributed by atoms with van der Waals surface area (Å²) in [7, 11) is 0. The molecule has 2 aromatic carbocycles. The Labute approximate surface area is 164 Å². The summed E-state index contributed by atoms with van der Waals surface area (Å²) in [5, 5.41) is 4.18. The van der Waals surface area contributed by atoms with Crippen molar-refractivity contribution in [2.75, 3.05) is 16.8 Å². The first kappa shape index (κ1) is 19.2. The van der Waals surface area contributed by atoms with Gasteiger partial charge in [-0.15, -0.1) is 0 Å². The van der Waals surface area contributed by atoms with Gasteiger partial charge in [-0.1, -0.05) is 11.6 Å². The van der Waals surface area contributed by atoms with Crippen LogP contribution in [-0.2, 0) is 9.53 Å². The fourth-order valence-corrected chi connectivity index (χ4v) is 3.70. The van der Waals surface area contributed by atoms with Crippen molar-refractivity contribution >= 4 is 34.9 Å². The average molecular weight is 387 g/mol. The first-order valence-corrected chi connectivity index (χ1v) is 9.41. The van der Waals surface area contributed by atoms with Crippen LogP contribution < -0.4 is 10.2 Å². The van der Waals surface area contributed by atoms with Gasteiger partial charge in [0, 0.05) is 29.4 Å². The van der Waals surface area contributed by atoms with Crippen molar-refractivity contribution in [3.05, 3.63) is 58.6 Å². The molecule has 3 rings (SSSR count). The van der Waals surface area contributed by atoms with Gasteiger partial charge in [-0.25, -0.2) is 4.79 Å². The predicted molar refractivity (Wildman–Crippen MR) is 107 cm³/mol. The maximum Gasteiger partial charge on any atom is 0.338 e. The minimum absolute atomic E-state index is 0.0161. The van der Waals surface area contributed by atoms with Crippen LogP contribution in [0.1, 0.15) is 49.2 Å². The van der Waals surface area contributed by atoms with E-state index >= 15 is 0 Å². The maximum absolute atomic E-state index is 12.2. The average Bonchev–Trinajstić information content (AvgIpc) is 2.63. The number of amides is 1. The zero-order valence-electron chi connectivity index (χ0n) is 15.7. The number of nitrogens with zero attached hydrogens (tertiary/aromatic N) is 1. The number of carbonyl (C=O) groups is 2. The molecule has 1 aliphatic heterocycles. The van der Waals surface area contributed by atoms with E-state index in [2.05, 4.69) is 5.32 Å². The normalized spacial score (nSPS) is 18.6. The molecule has 27 heavy (non-hydrogen) atoms. The molecule has 1 aliphatic rings. The van der Waals surface area contributed by atoms with E-state index in [4.69, 9.17) is 16.3 Å². The number of anilines is 2. The molecule has 0 spiro atoms. The quantitative estimate of drug-likeness (QED) is 0.765. The molecule has 0 fully saturated rings. The zero-order valence-corrected chi connectivity index (χ0v) is 16.4. The summed E-state index contributed by atoms with van der Waals surface area (Å²) in [5.41, 5.74) is 3.14. The lowest BCUT2D eigenvalue weighted by Gasteiger charge is -2.39. The second-order valence-corrected chi connectivity index (χ2v) is 7.11. The van der Waals surface area contributed by atoms with Crippen molar-refractivity contribution in [1.82, 2.24) is 0 Å². The second kappa shape index (κ2) is 8.01. The van der Waals surface area contributed by atoms with Gasteiger partial charge in [-0.2, -0.15) is 0 Å². The second-order valence-electron chi connectivity index (χ2n) is 6.67. The van der Waals surface area contributed by atoms with Crippen LogP contribution in [-0.4, -0.2) is 24.5 Å². The van der Waals surface area contributed by atoms with Gasteiger partial charge in [0.1, 0.15) is 0 Å². The van der Waals surface area contributed by atoms with Gasteiger partial charge in [-0.3, -0.25) is 4.79 Å². The number of rotatable bonds is 4. The fraction of sp³-hybridized carbons (Fsp3) is 0.333. The Balaban J connectivity index is 2.01. The molecular weight excluding hydrogens is 364 g/mol. The number of nitrogens with one attached hydrogen (secondary N) is 1. The van der Waals surface area contributed by atoms with Crippen molar-refractivity contribution < 1.29 is 14.3 Å². The Morgan fingerprint density at radius 1 is 1.22 bits per heavy atom. The lowest BCUT2D eigenvalue weighted by Crippen LogP contribution is -2.43. The number of benzene rings is 2. The molecule has 0 radical (unpaired) electrons. The van der Waals surface area contributed by atoms with Crippen LogP contribution in [0.2, 0.25) is 5.02 Å². The summed E-state index contributed by atoms with van der Waals surface area (Å²) in [5.74, 6) is -0.379. The number of esters is 1. The molecule has 0 saturated carbocycles. The number of carbonyl (C=O) groups excluding carboxylic acids is 2. The Bertz CT molecular complexity index is 851. The monoisotopic (exact) mass is 386 g/mol. The third-order valence-corrected chi connectivity index (χ3v) is 4.97. The highest BCUT2D eigenvalue weighted by molar-refractivity contribution is 6.30. The van der Waals surface area contributed by atoms with Crippen molar-refractivity contribution in [3.63, 3.8) is 0 Å². The minimum atomic E-state index is -0.362. The van der Waals surface area contributed by atoms with Crippen molar-refractivity contribution in [2.45, 2.75) is 39.3 Å². The SMILES string of the molecule is CCOC(=O)c1ccc2c(c1)[C@@H](Nc1ccc(Cl)cc1)C[C@@H](C)N2C(C)=O. The van der Waals surface area contributed by atoms with Crippen LogP contribution in [0.25, 0.3) is 0 Å². The van der Waals surface area contributed by atoms with Crippen molar-refractivity contribution in [3.8, 4) is 0 Å². The molecule has 0 saturated heterocycles. The smallest absolute Gasteiger partial charge is 0.338 e. The molecule has 0 bridgehead atoms. The van der Waals surface area contributed by atoms with Crippen molar-refractivity contribution in [2.24, 2.45) is 0 Å². The van der Waals surface area contributed by atoms with Crippen LogP contribution >= 0.6 is 11.6 Å². The molecule has 6 heteroatoms. The third kappa shape index (κ3) is 4.08. The van der Waals surface area contributed by atoms with Gasteiger partial charge in [0.15, 0.2) is 0 Å². The van der Waals surface area contributed by atoms with Gasteiger partial charge in [0.25, 0.3) is 0 Å². The van der Waals surface area contributed by atoms with Gasteiger partial charge in [0.2, 0.25) is 5.91 Å². The highest BCUT2D eigenvalue weighted by Crippen LogP contribution is 2.39. The summed E-state index contributed by atoms with van der Waals surface area (Å²) in [6.07, 6.45) is 0.724. The van der Waals surface area contributed by atoms with E-state index in [0.29, 0.717) is 17.2 Å². The van der Waals surface area contributed by atoms with E-state index in [0.717, 1.165) is 23.4 Å². The van der Waals surface area contributed by atoms with E-state index in [-0.39, 0.29) is 24.0 Å². The Hall–Kier alpha value is -2.53. The first-order chi connectivity index (χ1) is 12.9. The maximum atomic E-state index is 12.2. The molecule has 2 aromatic rings. The zero-order chi connectivity index (χ0) is 19.6. The van der Waals surface area contributed by atoms with Crippen LogP contribution in [0.15, 0.2) is 42.5 Å².